The van der Waals surface area contributed by atoms with Crippen molar-refractivity contribution in [1.29, 1.82) is 0 Å². The number of piperidine rings is 1. The number of hydrogen-bond acceptors (Lipinski definition) is 3. The molecule has 2 aliphatic heterocycles. The van der Waals surface area contributed by atoms with Crippen LogP contribution in [0, 0.1) is 0 Å². The molecule has 0 saturated carbocycles. The van der Waals surface area contributed by atoms with E-state index in [1.54, 1.807) is 6.07 Å². The van der Waals surface area contributed by atoms with Gasteiger partial charge in [-0.2, -0.15) is 0 Å². The fourth-order valence-electron chi connectivity index (χ4n) is 3.53. The zero-order valence-corrected chi connectivity index (χ0v) is 13.7. The molecule has 5 heteroatoms. The summed E-state index contributed by atoms with van der Waals surface area (Å²) in [4.78, 5) is 16.3. The Balaban J connectivity index is 1.77. The Kier molecular flexibility index (Phi) is 4.50. The quantitative estimate of drug-likeness (QED) is 0.906. The van der Waals surface area contributed by atoms with Gasteiger partial charge >= 0.3 is 5.97 Å². The van der Waals surface area contributed by atoms with Gasteiger partial charge in [0.25, 0.3) is 0 Å². The van der Waals surface area contributed by atoms with E-state index in [0.717, 1.165) is 25.2 Å². The molecule has 1 atom stereocenters. The smallest absolute Gasteiger partial charge is 0.338 e. The molecule has 0 aromatic heterocycles. The molecule has 3 rings (SSSR count). The first-order chi connectivity index (χ1) is 10.2. The van der Waals surface area contributed by atoms with Gasteiger partial charge in [-0.05, 0) is 60.4 Å². The van der Waals surface area contributed by atoms with E-state index in [9.17, 15) is 9.90 Å². The minimum Gasteiger partial charge on any atom is -0.478 e. The van der Waals surface area contributed by atoms with Crippen molar-refractivity contribution in [3.63, 3.8) is 0 Å². The molecule has 0 amide bonds. The van der Waals surface area contributed by atoms with E-state index in [1.165, 1.54) is 32.4 Å². The zero-order valence-electron chi connectivity index (χ0n) is 12.1. The van der Waals surface area contributed by atoms with Crippen LogP contribution in [0.1, 0.15) is 36.0 Å². The van der Waals surface area contributed by atoms with Crippen LogP contribution >= 0.6 is 15.9 Å². The van der Waals surface area contributed by atoms with E-state index in [1.807, 2.05) is 12.1 Å². The molecular formula is C16H21BrN2O2. The minimum absolute atomic E-state index is 0.386. The van der Waals surface area contributed by atoms with Gasteiger partial charge in [0.1, 0.15) is 0 Å². The second-order valence-corrected chi connectivity index (χ2v) is 6.78. The summed E-state index contributed by atoms with van der Waals surface area (Å²) in [6.45, 7) is 4.28. The maximum atomic E-state index is 11.5. The average Bonchev–Trinajstić information content (AvgIpc) is 2.97. The second kappa shape index (κ2) is 6.36. The molecule has 1 aromatic rings. The van der Waals surface area contributed by atoms with Crippen LogP contribution in [-0.4, -0.2) is 48.2 Å². The van der Waals surface area contributed by atoms with Crippen molar-refractivity contribution in [1.82, 2.24) is 4.90 Å². The number of nitrogens with zero attached hydrogens (tertiary/aromatic N) is 2. The monoisotopic (exact) mass is 352 g/mol. The largest absolute Gasteiger partial charge is 0.478 e. The van der Waals surface area contributed by atoms with Crippen LogP contribution in [0.3, 0.4) is 0 Å². The topological polar surface area (TPSA) is 43.8 Å². The number of carbonyl (C=O) groups is 1. The maximum absolute atomic E-state index is 11.5. The third-order valence-electron chi connectivity index (χ3n) is 4.62. The highest BCUT2D eigenvalue weighted by molar-refractivity contribution is 9.10. The number of halogens is 1. The summed E-state index contributed by atoms with van der Waals surface area (Å²) in [6.07, 6.45) is 5.08. The minimum atomic E-state index is -0.862. The number of anilines is 1. The van der Waals surface area contributed by atoms with Crippen LogP contribution in [0.15, 0.2) is 22.7 Å². The van der Waals surface area contributed by atoms with Gasteiger partial charge in [0, 0.05) is 23.6 Å². The second-order valence-electron chi connectivity index (χ2n) is 5.92. The van der Waals surface area contributed by atoms with Crippen molar-refractivity contribution in [3.05, 3.63) is 28.2 Å². The van der Waals surface area contributed by atoms with Crippen LogP contribution in [-0.2, 0) is 0 Å². The SMILES string of the molecule is O=C(O)c1c(Br)cccc1N1CCC(N2CCCCC2)C1. The van der Waals surface area contributed by atoms with E-state index in [-0.39, 0.29) is 0 Å². The van der Waals surface area contributed by atoms with Crippen LogP contribution in [0.5, 0.6) is 0 Å². The average molecular weight is 353 g/mol. The Hall–Kier alpha value is -1.07. The third kappa shape index (κ3) is 3.09. The van der Waals surface area contributed by atoms with Gasteiger partial charge in [-0.25, -0.2) is 4.79 Å². The first-order valence-corrected chi connectivity index (χ1v) is 8.47. The van der Waals surface area contributed by atoms with E-state index in [2.05, 4.69) is 25.7 Å². The third-order valence-corrected chi connectivity index (χ3v) is 5.28. The molecule has 114 valence electrons. The molecule has 1 aromatic carbocycles. The molecule has 0 aliphatic carbocycles. The maximum Gasteiger partial charge on any atom is 0.338 e. The van der Waals surface area contributed by atoms with Gasteiger partial charge in [-0.15, -0.1) is 0 Å². The number of carboxylic acid groups (broad SMARTS) is 1. The van der Waals surface area contributed by atoms with Crippen molar-refractivity contribution in [3.8, 4) is 0 Å². The van der Waals surface area contributed by atoms with Crippen LogP contribution in [0.2, 0.25) is 0 Å². The fraction of sp³-hybridized carbons (Fsp3) is 0.562. The van der Waals surface area contributed by atoms with Crippen LogP contribution in [0.25, 0.3) is 0 Å². The molecule has 2 fully saturated rings. The molecule has 1 unspecified atom stereocenters. The van der Waals surface area contributed by atoms with Crippen molar-refractivity contribution >= 4 is 27.6 Å². The molecule has 0 bridgehead atoms. The number of hydrogen-bond donors (Lipinski definition) is 1. The summed E-state index contributed by atoms with van der Waals surface area (Å²) in [5.41, 5.74) is 1.23. The summed E-state index contributed by atoms with van der Waals surface area (Å²) in [6, 6.07) is 6.21. The van der Waals surface area contributed by atoms with Gasteiger partial charge < -0.3 is 10.0 Å². The van der Waals surface area contributed by atoms with Gasteiger partial charge in [0.05, 0.1) is 11.3 Å². The van der Waals surface area contributed by atoms with Crippen molar-refractivity contribution < 1.29 is 9.90 Å². The van der Waals surface area contributed by atoms with Crippen LogP contribution < -0.4 is 4.90 Å². The van der Waals surface area contributed by atoms with Crippen molar-refractivity contribution in [2.24, 2.45) is 0 Å². The summed E-state index contributed by atoms with van der Waals surface area (Å²) < 4.78 is 0.661. The van der Waals surface area contributed by atoms with Gasteiger partial charge in [-0.1, -0.05) is 12.5 Å². The van der Waals surface area contributed by atoms with E-state index in [4.69, 9.17) is 0 Å². The number of rotatable bonds is 3. The first kappa shape index (κ1) is 14.9. The van der Waals surface area contributed by atoms with Crippen molar-refractivity contribution in [2.75, 3.05) is 31.1 Å². The summed E-state index contributed by atoms with van der Waals surface area (Å²) in [5.74, 6) is -0.862. The lowest BCUT2D eigenvalue weighted by atomic mass is 10.1. The van der Waals surface area contributed by atoms with Crippen molar-refractivity contribution in [2.45, 2.75) is 31.7 Å². The highest BCUT2D eigenvalue weighted by Crippen LogP contribution is 2.31. The molecule has 1 N–H and O–H groups in total. The van der Waals surface area contributed by atoms with Gasteiger partial charge in [-0.3, -0.25) is 4.90 Å². The Morgan fingerprint density at radius 3 is 2.67 bits per heavy atom. The molecule has 2 saturated heterocycles. The molecule has 0 radical (unpaired) electrons. The predicted molar refractivity (Wildman–Crippen MR) is 87.1 cm³/mol. The standard InChI is InChI=1S/C16H21BrN2O2/c17-13-5-4-6-14(15(13)16(20)21)19-10-7-12(11-19)18-8-2-1-3-9-18/h4-6,12H,1-3,7-11H2,(H,20,21). The number of benzene rings is 1. The Morgan fingerprint density at radius 1 is 1.19 bits per heavy atom. The lowest BCUT2D eigenvalue weighted by Crippen LogP contribution is -2.41. The predicted octanol–water partition coefficient (Wildman–Crippen LogP) is 3.21. The Bertz CT molecular complexity index is 529. The summed E-state index contributed by atoms with van der Waals surface area (Å²) in [5, 5.41) is 9.45. The normalized spacial score (nSPS) is 23.5. The fourth-order valence-corrected chi connectivity index (χ4v) is 4.06. The molecule has 21 heavy (non-hydrogen) atoms. The molecule has 4 nitrogen and oxygen atoms in total. The Morgan fingerprint density at radius 2 is 1.95 bits per heavy atom. The van der Waals surface area contributed by atoms with Gasteiger partial charge in [0.15, 0.2) is 0 Å². The van der Waals surface area contributed by atoms with Crippen LogP contribution in [0.4, 0.5) is 5.69 Å². The molecule has 0 spiro atoms. The summed E-state index contributed by atoms with van der Waals surface area (Å²) >= 11 is 3.37. The lowest BCUT2D eigenvalue weighted by molar-refractivity contribution is 0.0696. The highest BCUT2D eigenvalue weighted by Gasteiger charge is 2.30. The van der Waals surface area contributed by atoms with E-state index >= 15 is 0 Å². The highest BCUT2D eigenvalue weighted by atomic mass is 79.9. The Labute approximate surface area is 133 Å². The lowest BCUT2D eigenvalue weighted by Gasteiger charge is -2.32. The number of likely N-dealkylation sites (tertiary alicyclic amines) is 1. The summed E-state index contributed by atoms with van der Waals surface area (Å²) in [7, 11) is 0. The molecular weight excluding hydrogens is 332 g/mol. The first-order valence-electron chi connectivity index (χ1n) is 7.67. The molecule has 2 heterocycles. The van der Waals surface area contributed by atoms with E-state index < -0.39 is 5.97 Å². The number of aromatic carboxylic acids is 1. The number of carboxylic acids is 1. The van der Waals surface area contributed by atoms with E-state index in [0.29, 0.717) is 16.1 Å². The van der Waals surface area contributed by atoms with Gasteiger partial charge in [0.2, 0.25) is 0 Å². The zero-order chi connectivity index (χ0) is 14.8. The molecule has 2 aliphatic rings.